The highest BCUT2D eigenvalue weighted by molar-refractivity contribution is 9.10. The number of amides is 2. The van der Waals surface area contributed by atoms with Crippen molar-refractivity contribution in [3.63, 3.8) is 0 Å². The fourth-order valence-corrected chi connectivity index (χ4v) is 3.12. The van der Waals surface area contributed by atoms with Gasteiger partial charge in [-0.05, 0) is 37.5 Å². The second-order valence-corrected chi connectivity index (χ2v) is 6.83. The van der Waals surface area contributed by atoms with Crippen LogP contribution in [0.5, 0.6) is 5.75 Å². The summed E-state index contributed by atoms with van der Waals surface area (Å²) in [4.78, 5) is 26.2. The standard InChI is InChI=1S/C17H24BrN3O3/c1-2-3-10-24-15-5-4-13(18)11-14(15)17(23)21-8-6-12(7-9-21)16(22)20-19/h4-5,11-12H,2-3,6-10,19H2,1H3,(H,20,22). The van der Waals surface area contributed by atoms with E-state index in [1.165, 1.54) is 0 Å². The summed E-state index contributed by atoms with van der Waals surface area (Å²) in [6, 6.07) is 5.49. The lowest BCUT2D eigenvalue weighted by atomic mass is 9.95. The molecular weight excluding hydrogens is 374 g/mol. The summed E-state index contributed by atoms with van der Waals surface area (Å²) in [6.07, 6.45) is 3.23. The first-order valence-corrected chi connectivity index (χ1v) is 9.08. The van der Waals surface area contributed by atoms with Gasteiger partial charge in [-0.1, -0.05) is 29.3 Å². The Labute approximate surface area is 150 Å². The molecule has 2 rings (SSSR count). The maximum absolute atomic E-state index is 12.9. The van der Waals surface area contributed by atoms with Crippen LogP contribution in [0.4, 0.5) is 0 Å². The van der Waals surface area contributed by atoms with E-state index in [0.717, 1.165) is 17.3 Å². The van der Waals surface area contributed by atoms with Crippen LogP contribution in [-0.2, 0) is 4.79 Å². The smallest absolute Gasteiger partial charge is 0.257 e. The van der Waals surface area contributed by atoms with E-state index in [1.807, 2.05) is 12.1 Å². The van der Waals surface area contributed by atoms with Crippen molar-refractivity contribution >= 4 is 27.7 Å². The molecule has 0 aromatic heterocycles. The Balaban J connectivity index is 2.06. The lowest BCUT2D eigenvalue weighted by Crippen LogP contribution is -2.44. The number of unbranched alkanes of at least 4 members (excludes halogenated alkanes) is 1. The molecule has 0 spiro atoms. The Morgan fingerprint density at radius 2 is 2.08 bits per heavy atom. The molecule has 1 aliphatic heterocycles. The van der Waals surface area contributed by atoms with Crippen LogP contribution >= 0.6 is 15.9 Å². The third-order valence-corrected chi connectivity index (χ3v) is 4.72. The molecule has 1 aromatic rings. The maximum atomic E-state index is 12.9. The van der Waals surface area contributed by atoms with E-state index < -0.39 is 0 Å². The molecular formula is C17H24BrN3O3. The van der Waals surface area contributed by atoms with Gasteiger partial charge in [-0.3, -0.25) is 15.0 Å². The Kier molecular flexibility index (Phi) is 7.05. The normalized spacial score (nSPS) is 15.2. The van der Waals surface area contributed by atoms with Gasteiger partial charge in [-0.2, -0.15) is 0 Å². The fourth-order valence-electron chi connectivity index (χ4n) is 2.75. The SMILES string of the molecule is CCCCOc1ccc(Br)cc1C(=O)N1CCC(C(=O)NN)CC1. The maximum Gasteiger partial charge on any atom is 0.257 e. The van der Waals surface area contributed by atoms with Crippen LogP contribution < -0.4 is 16.0 Å². The molecule has 0 bridgehead atoms. The van der Waals surface area contributed by atoms with E-state index in [2.05, 4.69) is 28.3 Å². The minimum atomic E-state index is -0.159. The van der Waals surface area contributed by atoms with Crippen molar-refractivity contribution in [2.75, 3.05) is 19.7 Å². The molecule has 1 saturated heterocycles. The first kappa shape index (κ1) is 18.7. The zero-order valence-corrected chi connectivity index (χ0v) is 15.5. The number of carbonyl (C=O) groups is 2. The molecule has 3 N–H and O–H groups in total. The van der Waals surface area contributed by atoms with Crippen LogP contribution in [0.25, 0.3) is 0 Å². The van der Waals surface area contributed by atoms with Crippen LogP contribution in [-0.4, -0.2) is 36.4 Å². The van der Waals surface area contributed by atoms with E-state index in [9.17, 15) is 9.59 Å². The fraction of sp³-hybridized carbons (Fsp3) is 0.529. The van der Waals surface area contributed by atoms with Crippen LogP contribution in [0.3, 0.4) is 0 Å². The van der Waals surface area contributed by atoms with Crippen molar-refractivity contribution in [3.05, 3.63) is 28.2 Å². The van der Waals surface area contributed by atoms with Crippen molar-refractivity contribution in [2.45, 2.75) is 32.6 Å². The van der Waals surface area contributed by atoms with E-state index in [0.29, 0.717) is 43.9 Å². The zero-order chi connectivity index (χ0) is 17.5. The van der Waals surface area contributed by atoms with Crippen LogP contribution in [0.1, 0.15) is 43.0 Å². The number of piperidine rings is 1. The third kappa shape index (κ3) is 4.70. The molecule has 0 aliphatic carbocycles. The van der Waals surface area contributed by atoms with Crippen molar-refractivity contribution in [3.8, 4) is 5.75 Å². The zero-order valence-electron chi connectivity index (χ0n) is 13.9. The van der Waals surface area contributed by atoms with Gasteiger partial charge < -0.3 is 9.64 Å². The minimum absolute atomic E-state index is 0.0607. The highest BCUT2D eigenvalue weighted by atomic mass is 79.9. The van der Waals surface area contributed by atoms with Crippen molar-refractivity contribution in [1.82, 2.24) is 10.3 Å². The number of nitrogens with zero attached hydrogens (tertiary/aromatic N) is 1. The van der Waals surface area contributed by atoms with Gasteiger partial charge >= 0.3 is 0 Å². The van der Waals surface area contributed by atoms with Gasteiger partial charge in [-0.25, -0.2) is 5.84 Å². The number of nitrogens with one attached hydrogen (secondary N) is 1. The summed E-state index contributed by atoms with van der Waals surface area (Å²) in [5, 5.41) is 0. The van der Waals surface area contributed by atoms with Gasteiger partial charge in [0.25, 0.3) is 5.91 Å². The summed E-state index contributed by atoms with van der Waals surface area (Å²) in [6.45, 7) is 3.77. The number of benzene rings is 1. The van der Waals surface area contributed by atoms with Gasteiger partial charge in [0.05, 0.1) is 12.2 Å². The minimum Gasteiger partial charge on any atom is -0.493 e. The average molecular weight is 398 g/mol. The molecule has 132 valence electrons. The lowest BCUT2D eigenvalue weighted by Gasteiger charge is -2.31. The number of hydrogen-bond donors (Lipinski definition) is 2. The molecule has 2 amide bonds. The molecule has 1 fully saturated rings. The number of halogens is 1. The van der Waals surface area contributed by atoms with Gasteiger partial charge in [0.1, 0.15) is 5.75 Å². The Morgan fingerprint density at radius 1 is 1.38 bits per heavy atom. The van der Waals surface area contributed by atoms with E-state index >= 15 is 0 Å². The molecule has 1 heterocycles. The Morgan fingerprint density at radius 3 is 2.71 bits per heavy atom. The predicted octanol–water partition coefficient (Wildman–Crippen LogP) is 2.47. The Hall–Kier alpha value is -1.60. The number of hydrogen-bond acceptors (Lipinski definition) is 4. The number of carbonyl (C=O) groups excluding carboxylic acids is 2. The topological polar surface area (TPSA) is 84.7 Å². The summed E-state index contributed by atoms with van der Waals surface area (Å²) in [7, 11) is 0. The van der Waals surface area contributed by atoms with Gasteiger partial charge in [-0.15, -0.1) is 0 Å². The van der Waals surface area contributed by atoms with Crippen molar-refractivity contribution in [2.24, 2.45) is 11.8 Å². The first-order valence-electron chi connectivity index (χ1n) is 8.29. The number of rotatable bonds is 6. The van der Waals surface area contributed by atoms with Crippen molar-refractivity contribution < 1.29 is 14.3 Å². The number of ether oxygens (including phenoxy) is 1. The summed E-state index contributed by atoms with van der Waals surface area (Å²) < 4.78 is 6.61. The van der Waals surface area contributed by atoms with Gasteiger partial charge in [0.2, 0.25) is 5.91 Å². The highest BCUT2D eigenvalue weighted by Gasteiger charge is 2.28. The molecule has 0 unspecified atom stereocenters. The van der Waals surface area contributed by atoms with Crippen LogP contribution in [0, 0.1) is 5.92 Å². The quantitative estimate of drug-likeness (QED) is 0.334. The molecule has 0 saturated carbocycles. The molecule has 7 heteroatoms. The number of nitrogens with two attached hydrogens (primary N) is 1. The number of hydrazine groups is 1. The molecule has 0 radical (unpaired) electrons. The Bertz CT molecular complexity index is 586. The summed E-state index contributed by atoms with van der Waals surface area (Å²) in [5.41, 5.74) is 2.74. The number of likely N-dealkylation sites (tertiary alicyclic amines) is 1. The molecule has 1 aliphatic rings. The lowest BCUT2D eigenvalue weighted by molar-refractivity contribution is -0.126. The molecule has 24 heavy (non-hydrogen) atoms. The largest absolute Gasteiger partial charge is 0.493 e. The highest BCUT2D eigenvalue weighted by Crippen LogP contribution is 2.27. The van der Waals surface area contributed by atoms with Crippen molar-refractivity contribution in [1.29, 1.82) is 0 Å². The molecule has 6 nitrogen and oxygen atoms in total. The monoisotopic (exact) mass is 397 g/mol. The van der Waals surface area contributed by atoms with Crippen LogP contribution in [0.2, 0.25) is 0 Å². The summed E-state index contributed by atoms with van der Waals surface area (Å²) >= 11 is 3.42. The first-order chi connectivity index (χ1) is 11.6. The molecule has 1 aromatic carbocycles. The van der Waals surface area contributed by atoms with E-state index in [-0.39, 0.29) is 17.7 Å². The summed E-state index contributed by atoms with van der Waals surface area (Å²) in [5.74, 6) is 5.45. The van der Waals surface area contributed by atoms with E-state index in [4.69, 9.17) is 10.6 Å². The van der Waals surface area contributed by atoms with Crippen LogP contribution in [0.15, 0.2) is 22.7 Å². The van der Waals surface area contributed by atoms with Gasteiger partial charge in [0.15, 0.2) is 0 Å². The predicted molar refractivity (Wildman–Crippen MR) is 95.5 cm³/mol. The third-order valence-electron chi connectivity index (χ3n) is 4.22. The van der Waals surface area contributed by atoms with Gasteiger partial charge in [0, 0.05) is 23.5 Å². The average Bonchev–Trinajstić information content (AvgIpc) is 2.62. The molecule has 0 atom stereocenters. The second-order valence-electron chi connectivity index (χ2n) is 5.92. The second kappa shape index (κ2) is 9.03. The van der Waals surface area contributed by atoms with E-state index in [1.54, 1.807) is 11.0 Å².